The third-order valence-electron chi connectivity index (χ3n) is 6.57. The summed E-state index contributed by atoms with van der Waals surface area (Å²) in [7, 11) is 2.20. The average molecular weight is 433 g/mol. The number of rotatable bonds is 7. The second-order valence-electron chi connectivity index (χ2n) is 8.82. The number of nitrogens with one attached hydrogen (secondary N) is 1. The number of carbonyl (C=O) groups excluding carboxylic acids is 1. The molecule has 1 aromatic heterocycles. The second-order valence-corrected chi connectivity index (χ2v) is 8.82. The van der Waals surface area contributed by atoms with Crippen molar-refractivity contribution in [2.75, 3.05) is 7.05 Å². The maximum Gasteiger partial charge on any atom is 0.261 e. The molecule has 0 aliphatic heterocycles. The largest absolute Gasteiger partial charge is 0.350 e. The Hall–Kier alpha value is -2.99. The highest BCUT2D eigenvalue weighted by atomic mass is 16.2. The molecule has 1 fully saturated rings. The number of aryl methyl sites for hydroxylation is 1. The Morgan fingerprint density at radius 2 is 1.75 bits per heavy atom. The van der Waals surface area contributed by atoms with Crippen LogP contribution in [0, 0.1) is 6.92 Å². The zero-order chi connectivity index (χ0) is 22.5. The van der Waals surface area contributed by atoms with Crippen LogP contribution in [0.25, 0.3) is 10.9 Å². The summed E-state index contributed by atoms with van der Waals surface area (Å²) in [5.74, 6) is 0.348. The quantitative estimate of drug-likeness (QED) is 0.617. The minimum absolute atomic E-state index is 0.0351. The van der Waals surface area contributed by atoms with Crippen molar-refractivity contribution < 1.29 is 4.79 Å². The zero-order valence-corrected chi connectivity index (χ0v) is 19.0. The lowest BCUT2D eigenvalue weighted by atomic mass is 9.94. The first-order valence-electron chi connectivity index (χ1n) is 11.5. The third-order valence-corrected chi connectivity index (χ3v) is 6.57. The monoisotopic (exact) mass is 432 g/mol. The van der Waals surface area contributed by atoms with Gasteiger partial charge in [-0.1, -0.05) is 55.7 Å². The normalized spacial score (nSPS) is 14.7. The Balaban J connectivity index is 1.42. The molecule has 1 saturated carbocycles. The molecule has 4 rings (SSSR count). The average Bonchev–Trinajstić information content (AvgIpc) is 2.81. The zero-order valence-electron chi connectivity index (χ0n) is 19.0. The van der Waals surface area contributed by atoms with E-state index in [1.807, 2.05) is 24.3 Å². The fourth-order valence-electron chi connectivity index (χ4n) is 4.66. The molecule has 2 aromatic carbocycles. The Morgan fingerprint density at radius 1 is 1.06 bits per heavy atom. The van der Waals surface area contributed by atoms with E-state index in [0.29, 0.717) is 29.3 Å². The molecule has 1 amide bonds. The molecule has 1 heterocycles. The van der Waals surface area contributed by atoms with E-state index in [-0.39, 0.29) is 18.0 Å². The molecule has 0 atom stereocenters. The summed E-state index contributed by atoms with van der Waals surface area (Å²) in [6.45, 7) is 3.05. The van der Waals surface area contributed by atoms with Crippen molar-refractivity contribution in [1.29, 1.82) is 0 Å². The van der Waals surface area contributed by atoms with Gasteiger partial charge in [0.15, 0.2) is 0 Å². The Bertz CT molecular complexity index is 1150. The van der Waals surface area contributed by atoms with Crippen LogP contribution in [0.4, 0.5) is 0 Å². The van der Waals surface area contributed by atoms with E-state index in [9.17, 15) is 9.59 Å². The van der Waals surface area contributed by atoms with E-state index >= 15 is 0 Å². The summed E-state index contributed by atoms with van der Waals surface area (Å²) in [6, 6.07) is 16.1. The summed E-state index contributed by atoms with van der Waals surface area (Å²) < 4.78 is 1.44. The first kappa shape index (κ1) is 22.2. The van der Waals surface area contributed by atoms with Crippen LogP contribution in [0.1, 0.15) is 49.1 Å². The number of amides is 1. The van der Waals surface area contributed by atoms with Crippen LogP contribution in [0.5, 0.6) is 0 Å². The SMILES string of the molecule is Cc1nc2ccccc2c(=O)n1CC(=O)NCc1ccccc1CN(C)C1CCCCC1. The Labute approximate surface area is 189 Å². The number of benzene rings is 2. The van der Waals surface area contributed by atoms with Crippen molar-refractivity contribution in [2.24, 2.45) is 0 Å². The minimum Gasteiger partial charge on any atom is -0.350 e. The third kappa shape index (κ3) is 5.07. The van der Waals surface area contributed by atoms with Gasteiger partial charge in [-0.05, 0) is 50.1 Å². The molecule has 168 valence electrons. The van der Waals surface area contributed by atoms with Gasteiger partial charge in [0.1, 0.15) is 12.4 Å². The highest BCUT2D eigenvalue weighted by Gasteiger charge is 2.19. The number of hydrogen-bond acceptors (Lipinski definition) is 4. The van der Waals surface area contributed by atoms with Gasteiger partial charge in [0.25, 0.3) is 5.56 Å². The van der Waals surface area contributed by atoms with Crippen LogP contribution < -0.4 is 10.9 Å². The van der Waals surface area contributed by atoms with E-state index in [0.717, 1.165) is 12.1 Å². The second kappa shape index (κ2) is 10.1. The van der Waals surface area contributed by atoms with Gasteiger partial charge in [-0.15, -0.1) is 0 Å². The van der Waals surface area contributed by atoms with Crippen molar-refractivity contribution in [3.05, 3.63) is 75.8 Å². The molecule has 0 unspecified atom stereocenters. The molecule has 1 N–H and O–H groups in total. The minimum atomic E-state index is -0.192. The number of carbonyl (C=O) groups is 1. The molecule has 0 radical (unpaired) electrons. The van der Waals surface area contributed by atoms with E-state index in [4.69, 9.17) is 0 Å². The maximum atomic E-state index is 12.8. The predicted molar refractivity (Wildman–Crippen MR) is 127 cm³/mol. The molecule has 6 heteroatoms. The van der Waals surface area contributed by atoms with Gasteiger partial charge in [0, 0.05) is 19.1 Å². The lowest BCUT2D eigenvalue weighted by Crippen LogP contribution is -2.35. The van der Waals surface area contributed by atoms with E-state index in [1.54, 1.807) is 13.0 Å². The van der Waals surface area contributed by atoms with E-state index < -0.39 is 0 Å². The number of nitrogens with zero attached hydrogens (tertiary/aromatic N) is 3. The maximum absolute atomic E-state index is 12.8. The van der Waals surface area contributed by atoms with E-state index in [1.165, 1.54) is 42.2 Å². The van der Waals surface area contributed by atoms with Crippen LogP contribution in [0.15, 0.2) is 53.3 Å². The van der Waals surface area contributed by atoms with Crippen molar-refractivity contribution in [3.63, 3.8) is 0 Å². The number of hydrogen-bond donors (Lipinski definition) is 1. The summed E-state index contributed by atoms with van der Waals surface area (Å²) in [4.78, 5) is 32.4. The topological polar surface area (TPSA) is 67.2 Å². The van der Waals surface area contributed by atoms with Gasteiger partial charge in [0.2, 0.25) is 5.91 Å². The van der Waals surface area contributed by atoms with Crippen molar-refractivity contribution in [1.82, 2.24) is 19.8 Å². The van der Waals surface area contributed by atoms with Gasteiger partial charge >= 0.3 is 0 Å². The van der Waals surface area contributed by atoms with Crippen LogP contribution in [0.3, 0.4) is 0 Å². The molecule has 1 aliphatic rings. The van der Waals surface area contributed by atoms with Gasteiger partial charge in [-0.25, -0.2) is 4.98 Å². The van der Waals surface area contributed by atoms with Gasteiger partial charge in [0.05, 0.1) is 10.9 Å². The van der Waals surface area contributed by atoms with Gasteiger partial charge in [-0.2, -0.15) is 0 Å². The van der Waals surface area contributed by atoms with Crippen molar-refractivity contribution in [3.8, 4) is 0 Å². The smallest absolute Gasteiger partial charge is 0.261 e. The Kier molecular flexibility index (Phi) is 7.00. The Morgan fingerprint density at radius 3 is 2.53 bits per heavy atom. The molecule has 0 saturated heterocycles. The molecule has 6 nitrogen and oxygen atoms in total. The van der Waals surface area contributed by atoms with Crippen LogP contribution in [-0.4, -0.2) is 33.4 Å². The van der Waals surface area contributed by atoms with Gasteiger partial charge < -0.3 is 5.32 Å². The molecular formula is C26H32N4O2. The predicted octanol–water partition coefficient (Wildman–Crippen LogP) is 3.79. The standard InChI is InChI=1S/C26H32N4O2/c1-19-28-24-15-9-8-14-23(24)26(32)30(19)18-25(31)27-16-20-10-6-7-11-21(20)17-29(2)22-12-4-3-5-13-22/h6-11,14-15,22H,3-5,12-13,16-18H2,1-2H3,(H,27,31). The van der Waals surface area contributed by atoms with Crippen LogP contribution in [-0.2, 0) is 24.4 Å². The first-order chi connectivity index (χ1) is 15.5. The molecule has 32 heavy (non-hydrogen) atoms. The van der Waals surface area contributed by atoms with Crippen LogP contribution in [0.2, 0.25) is 0 Å². The highest BCUT2D eigenvalue weighted by molar-refractivity contribution is 5.79. The summed E-state index contributed by atoms with van der Waals surface area (Å²) >= 11 is 0. The first-order valence-corrected chi connectivity index (χ1v) is 11.5. The molecule has 1 aliphatic carbocycles. The highest BCUT2D eigenvalue weighted by Crippen LogP contribution is 2.23. The fraction of sp³-hybridized carbons (Fsp3) is 0.423. The number of aromatic nitrogens is 2. The van der Waals surface area contributed by atoms with Gasteiger partial charge in [-0.3, -0.25) is 19.1 Å². The van der Waals surface area contributed by atoms with Crippen LogP contribution >= 0.6 is 0 Å². The fourth-order valence-corrected chi connectivity index (χ4v) is 4.66. The summed E-state index contributed by atoms with van der Waals surface area (Å²) in [5.41, 5.74) is 2.83. The molecular weight excluding hydrogens is 400 g/mol. The number of fused-ring (bicyclic) bond motifs is 1. The van der Waals surface area contributed by atoms with Crippen molar-refractivity contribution >= 4 is 16.8 Å². The lowest BCUT2D eigenvalue weighted by molar-refractivity contribution is -0.121. The van der Waals surface area contributed by atoms with E-state index in [2.05, 4.69) is 40.4 Å². The summed E-state index contributed by atoms with van der Waals surface area (Å²) in [6.07, 6.45) is 6.51. The van der Waals surface area contributed by atoms with Crippen molar-refractivity contribution in [2.45, 2.75) is 64.7 Å². The molecule has 0 spiro atoms. The summed E-state index contributed by atoms with van der Waals surface area (Å²) in [5, 5.41) is 3.53. The molecule has 3 aromatic rings. The lowest BCUT2D eigenvalue weighted by Gasteiger charge is -2.31. The number of para-hydroxylation sites is 1. The molecule has 0 bridgehead atoms.